The van der Waals surface area contributed by atoms with Crippen LogP contribution in [0.5, 0.6) is 0 Å². The molecule has 1 aromatic heterocycles. The van der Waals surface area contributed by atoms with Crippen LogP contribution in [0.2, 0.25) is 5.02 Å². The van der Waals surface area contributed by atoms with E-state index >= 15 is 0 Å². The minimum Gasteiger partial charge on any atom is -0.379 e. The molecule has 1 N–H and O–H groups in total. The molecule has 0 aliphatic carbocycles. The van der Waals surface area contributed by atoms with Crippen LogP contribution < -0.4 is 0 Å². The highest BCUT2D eigenvalue weighted by molar-refractivity contribution is 6.30. The first-order chi connectivity index (χ1) is 15.9. The Morgan fingerprint density at radius 2 is 1.88 bits per heavy atom. The molecule has 7 heteroatoms. The SMILES string of the molecule is CC(C)OCCCN1CC(=O)N2[C@@H](c3ccc(Cl)cc3)c3[nH]c4ccccc4c3C[C@@H]2C1=O. The molecule has 3 aromatic rings. The number of amides is 2. The predicted molar refractivity (Wildman–Crippen MR) is 128 cm³/mol. The number of ether oxygens (including phenoxy) is 1. The molecule has 2 amide bonds. The van der Waals surface area contributed by atoms with Gasteiger partial charge in [-0.15, -0.1) is 0 Å². The summed E-state index contributed by atoms with van der Waals surface area (Å²) in [5, 5.41) is 1.74. The number of carbonyl (C=O) groups excluding carboxylic acids is 2. The van der Waals surface area contributed by atoms with Gasteiger partial charge in [0, 0.05) is 41.2 Å². The van der Waals surface area contributed by atoms with E-state index < -0.39 is 6.04 Å². The van der Waals surface area contributed by atoms with Crippen molar-refractivity contribution in [1.29, 1.82) is 0 Å². The molecule has 0 saturated carbocycles. The van der Waals surface area contributed by atoms with Crippen LogP contribution in [0.3, 0.4) is 0 Å². The van der Waals surface area contributed by atoms with E-state index in [0.29, 0.717) is 31.0 Å². The van der Waals surface area contributed by atoms with Crippen molar-refractivity contribution < 1.29 is 14.3 Å². The summed E-state index contributed by atoms with van der Waals surface area (Å²) in [5.74, 6) is -0.0253. The first-order valence-electron chi connectivity index (χ1n) is 11.5. The van der Waals surface area contributed by atoms with E-state index in [-0.39, 0.29) is 30.5 Å². The van der Waals surface area contributed by atoms with Gasteiger partial charge in [0.1, 0.15) is 6.04 Å². The van der Waals surface area contributed by atoms with Gasteiger partial charge in [0.2, 0.25) is 11.8 Å². The molecule has 0 unspecified atom stereocenters. The maximum absolute atomic E-state index is 13.6. The first-order valence-corrected chi connectivity index (χ1v) is 11.9. The van der Waals surface area contributed by atoms with Crippen molar-refractivity contribution in [2.24, 2.45) is 0 Å². The molecule has 1 fully saturated rings. The van der Waals surface area contributed by atoms with Crippen molar-refractivity contribution in [3.63, 3.8) is 0 Å². The van der Waals surface area contributed by atoms with Crippen molar-refractivity contribution in [2.75, 3.05) is 19.7 Å². The first kappa shape index (κ1) is 22.0. The number of para-hydroxylation sites is 1. The normalized spacial score (nSPS) is 20.5. The van der Waals surface area contributed by atoms with Crippen molar-refractivity contribution in [1.82, 2.24) is 14.8 Å². The number of aromatic nitrogens is 1. The highest BCUT2D eigenvalue weighted by atomic mass is 35.5. The largest absolute Gasteiger partial charge is 0.379 e. The van der Waals surface area contributed by atoms with Gasteiger partial charge in [-0.25, -0.2) is 0 Å². The van der Waals surface area contributed by atoms with Gasteiger partial charge in [0.15, 0.2) is 0 Å². The Morgan fingerprint density at radius 1 is 1.12 bits per heavy atom. The molecule has 0 radical (unpaired) electrons. The number of fused-ring (bicyclic) bond motifs is 4. The van der Waals surface area contributed by atoms with E-state index in [9.17, 15) is 9.59 Å². The second kappa shape index (κ2) is 8.84. The summed E-state index contributed by atoms with van der Waals surface area (Å²) in [6.07, 6.45) is 1.37. The molecule has 6 nitrogen and oxygen atoms in total. The molecule has 2 aliphatic heterocycles. The number of H-pyrrole nitrogens is 1. The van der Waals surface area contributed by atoms with Crippen molar-refractivity contribution in [2.45, 2.75) is 44.9 Å². The van der Waals surface area contributed by atoms with E-state index in [1.807, 2.05) is 56.3 Å². The zero-order valence-electron chi connectivity index (χ0n) is 18.9. The Kier molecular flexibility index (Phi) is 5.89. The molecule has 2 atom stereocenters. The summed E-state index contributed by atoms with van der Waals surface area (Å²) in [7, 11) is 0. The van der Waals surface area contributed by atoms with Gasteiger partial charge in [0.25, 0.3) is 0 Å². The maximum atomic E-state index is 13.6. The Labute approximate surface area is 198 Å². The van der Waals surface area contributed by atoms with Crippen LogP contribution in [0, 0.1) is 0 Å². The molecule has 0 bridgehead atoms. The minimum atomic E-state index is -0.523. The number of piperazine rings is 1. The molecule has 3 heterocycles. The topological polar surface area (TPSA) is 65.6 Å². The second-order valence-electron chi connectivity index (χ2n) is 9.07. The van der Waals surface area contributed by atoms with Crippen molar-refractivity contribution in [3.8, 4) is 0 Å². The van der Waals surface area contributed by atoms with Gasteiger partial charge in [-0.1, -0.05) is 41.9 Å². The maximum Gasteiger partial charge on any atom is 0.246 e. The number of rotatable bonds is 6. The lowest BCUT2D eigenvalue weighted by atomic mass is 9.86. The van der Waals surface area contributed by atoms with Crippen molar-refractivity contribution >= 4 is 34.3 Å². The van der Waals surface area contributed by atoms with Gasteiger partial charge in [-0.3, -0.25) is 9.59 Å². The summed E-state index contributed by atoms with van der Waals surface area (Å²) in [6, 6.07) is 14.8. The van der Waals surface area contributed by atoms with Gasteiger partial charge >= 0.3 is 0 Å². The van der Waals surface area contributed by atoms with E-state index in [2.05, 4.69) is 11.1 Å². The van der Waals surface area contributed by atoms with E-state index in [0.717, 1.165) is 27.7 Å². The Balaban J connectivity index is 1.52. The Bertz CT molecular complexity index is 1190. The van der Waals surface area contributed by atoms with Gasteiger partial charge in [-0.2, -0.15) is 0 Å². The second-order valence-corrected chi connectivity index (χ2v) is 9.51. The van der Waals surface area contributed by atoms with Crippen LogP contribution in [0.15, 0.2) is 48.5 Å². The molecular formula is C26H28ClN3O3. The van der Waals surface area contributed by atoms with Crippen LogP contribution in [0.25, 0.3) is 10.9 Å². The van der Waals surface area contributed by atoms with E-state index in [1.54, 1.807) is 9.80 Å². The number of carbonyl (C=O) groups is 2. The lowest BCUT2D eigenvalue weighted by Gasteiger charge is -2.47. The summed E-state index contributed by atoms with van der Waals surface area (Å²) in [4.78, 5) is 34.1. The molecule has 2 aromatic carbocycles. The molecule has 172 valence electrons. The molecule has 2 aliphatic rings. The zero-order valence-corrected chi connectivity index (χ0v) is 19.6. The van der Waals surface area contributed by atoms with E-state index in [4.69, 9.17) is 16.3 Å². The molecule has 33 heavy (non-hydrogen) atoms. The number of hydrogen-bond donors (Lipinski definition) is 1. The monoisotopic (exact) mass is 465 g/mol. The van der Waals surface area contributed by atoms with Crippen molar-refractivity contribution in [3.05, 3.63) is 70.4 Å². The summed E-state index contributed by atoms with van der Waals surface area (Å²) < 4.78 is 5.62. The summed E-state index contributed by atoms with van der Waals surface area (Å²) in [6.45, 7) is 5.17. The fourth-order valence-electron chi connectivity index (χ4n) is 5.08. The molecular weight excluding hydrogens is 438 g/mol. The predicted octanol–water partition coefficient (Wildman–Crippen LogP) is 4.32. The standard InChI is InChI=1S/C26H28ClN3O3/c1-16(2)33-13-5-12-29-15-23(31)30-22(26(29)32)14-20-19-6-3-4-7-21(19)28-24(20)25(30)17-8-10-18(27)11-9-17/h3-4,6-11,16,22,25,28H,5,12-15H2,1-2H3/t22-,25+/m1/s1. The highest BCUT2D eigenvalue weighted by Gasteiger charge is 2.48. The zero-order chi connectivity index (χ0) is 23.1. The molecule has 0 spiro atoms. The number of halogens is 1. The Morgan fingerprint density at radius 3 is 2.64 bits per heavy atom. The van der Waals surface area contributed by atoms with Gasteiger partial charge in [0.05, 0.1) is 18.7 Å². The lowest BCUT2D eigenvalue weighted by Crippen LogP contribution is -2.63. The van der Waals surface area contributed by atoms with Crippen LogP contribution in [0.1, 0.15) is 43.1 Å². The third kappa shape index (κ3) is 4.02. The molecule has 5 rings (SSSR count). The Hall–Kier alpha value is -2.83. The summed E-state index contributed by atoms with van der Waals surface area (Å²) >= 11 is 6.14. The number of aromatic amines is 1. The average molecular weight is 466 g/mol. The lowest BCUT2D eigenvalue weighted by molar-refractivity contribution is -0.158. The third-order valence-corrected chi connectivity index (χ3v) is 6.80. The number of nitrogens with one attached hydrogen (secondary N) is 1. The average Bonchev–Trinajstić information content (AvgIpc) is 3.17. The quantitative estimate of drug-likeness (QED) is 0.551. The van der Waals surface area contributed by atoms with Gasteiger partial charge < -0.3 is 19.5 Å². The van der Waals surface area contributed by atoms with Crippen LogP contribution in [-0.4, -0.2) is 58.4 Å². The number of nitrogens with zero attached hydrogens (tertiary/aromatic N) is 2. The highest BCUT2D eigenvalue weighted by Crippen LogP contribution is 2.42. The van der Waals surface area contributed by atoms with Gasteiger partial charge in [-0.05, 0) is 49.6 Å². The smallest absolute Gasteiger partial charge is 0.246 e. The minimum absolute atomic E-state index is 0.00837. The fraction of sp³-hybridized carbons (Fsp3) is 0.385. The van der Waals surface area contributed by atoms with Crippen LogP contribution in [0.4, 0.5) is 0 Å². The third-order valence-electron chi connectivity index (χ3n) is 6.55. The van der Waals surface area contributed by atoms with Crippen LogP contribution in [-0.2, 0) is 20.7 Å². The number of benzene rings is 2. The summed E-state index contributed by atoms with van der Waals surface area (Å²) in [5.41, 5.74) is 4.05. The number of hydrogen-bond acceptors (Lipinski definition) is 3. The molecule has 1 saturated heterocycles. The van der Waals surface area contributed by atoms with Crippen LogP contribution >= 0.6 is 11.6 Å². The fourth-order valence-corrected chi connectivity index (χ4v) is 5.20. The van der Waals surface area contributed by atoms with E-state index in [1.165, 1.54) is 0 Å².